The van der Waals surface area contributed by atoms with Crippen LogP contribution in [0.3, 0.4) is 0 Å². The lowest BCUT2D eigenvalue weighted by molar-refractivity contribution is -0.257. The first kappa shape index (κ1) is 13.1. The molecule has 0 aliphatic carbocycles. The Bertz CT molecular complexity index is 243. The molecule has 0 radical (unpaired) electrons. The van der Waals surface area contributed by atoms with Crippen molar-refractivity contribution in [2.45, 2.75) is 12.0 Å². The van der Waals surface area contributed by atoms with Crippen LogP contribution < -0.4 is 0 Å². The summed E-state index contributed by atoms with van der Waals surface area (Å²) < 4.78 is 68.6. The lowest BCUT2D eigenvalue weighted by Crippen LogP contribution is -2.63. The van der Waals surface area contributed by atoms with Gasteiger partial charge >= 0.3 is 12.7 Å². The average molecular weight is 218 g/mol. The van der Waals surface area contributed by atoms with Crippen molar-refractivity contribution in [2.24, 2.45) is 0 Å². The Labute approximate surface area is 76.4 Å². The van der Waals surface area contributed by atoms with Gasteiger partial charge in [0.05, 0.1) is 0 Å². The van der Waals surface area contributed by atoms with Gasteiger partial charge in [0.2, 0.25) is 0 Å². The summed E-state index contributed by atoms with van der Waals surface area (Å²) in [5.41, 5.74) is 0. The molecule has 0 saturated carbocycles. The summed E-state index contributed by atoms with van der Waals surface area (Å²) >= 11 is 0. The van der Waals surface area contributed by atoms with Gasteiger partial charge in [-0.3, -0.25) is 0 Å². The molecule has 0 aliphatic heterocycles. The smallest absolute Gasteiger partial charge is 0.423 e. The highest BCUT2D eigenvalue weighted by Crippen LogP contribution is 2.42. The molecule has 0 aromatic carbocycles. The molecule has 0 rings (SSSR count). The summed E-state index contributed by atoms with van der Waals surface area (Å²) in [6, 6.07) is 0. The normalized spacial score (nSPS) is 13.9. The molecule has 0 aliphatic rings. The Morgan fingerprint density at radius 2 is 1.43 bits per heavy atom. The van der Waals surface area contributed by atoms with Crippen molar-refractivity contribution in [3.8, 4) is 5.97 Å². The van der Waals surface area contributed by atoms with Gasteiger partial charge < -0.3 is 9.31 Å². The van der Waals surface area contributed by atoms with E-state index in [0.29, 0.717) is 20.2 Å². The van der Waals surface area contributed by atoms with E-state index in [0.717, 1.165) is 0 Å². The van der Waals surface area contributed by atoms with E-state index in [-0.39, 0.29) is 0 Å². The fraction of sp³-hybridized carbons (Fsp3) is 0.800. The first-order valence-corrected chi connectivity index (χ1v) is 3.28. The zero-order chi connectivity index (χ0) is 11.6. The van der Waals surface area contributed by atoms with Crippen LogP contribution >= 0.6 is 0 Å². The van der Waals surface area contributed by atoms with Crippen LogP contribution in [0.25, 0.3) is 0 Å². The van der Waals surface area contributed by atoms with Crippen molar-refractivity contribution in [1.29, 1.82) is 5.26 Å². The predicted octanol–water partition coefficient (Wildman–Crippen LogP) is 1.52. The van der Waals surface area contributed by atoms with Gasteiger partial charge in [0.25, 0.3) is 5.82 Å². The molecule has 0 atom stereocenters. The van der Waals surface area contributed by atoms with E-state index in [9.17, 15) is 22.0 Å². The summed E-state index contributed by atoms with van der Waals surface area (Å²) in [6.45, 7) is -4.36. The molecule has 82 valence electrons. The second kappa shape index (κ2) is 3.71. The van der Waals surface area contributed by atoms with Crippen LogP contribution in [0.5, 0.6) is 0 Å². The molecule has 0 heterocycles. The minimum atomic E-state index is -5.89. The number of halogens is 5. The van der Waals surface area contributed by atoms with E-state index in [2.05, 4.69) is 9.31 Å². The first-order valence-electron chi connectivity index (χ1n) is 3.28. The summed E-state index contributed by atoms with van der Waals surface area (Å²) in [4.78, 5) is 0. The fourth-order valence-corrected chi connectivity index (χ4v) is 0.794. The molecule has 0 bridgehead atoms. The molecule has 9 heteroatoms. The van der Waals surface area contributed by atoms with Crippen molar-refractivity contribution >= 4 is 6.55 Å². The molecule has 0 aromatic rings. The van der Waals surface area contributed by atoms with Crippen LogP contribution in [-0.4, -0.2) is 32.8 Å². The fourth-order valence-electron chi connectivity index (χ4n) is 0.794. The molecule has 0 aromatic heterocycles. The second-order valence-electron chi connectivity index (χ2n) is 2.43. The summed E-state index contributed by atoms with van der Waals surface area (Å²) in [7, 11) is 1.10. The van der Waals surface area contributed by atoms with Crippen LogP contribution in [0, 0.1) is 11.2 Å². The molecule has 0 N–H and O–H groups in total. The van der Waals surface area contributed by atoms with Crippen LogP contribution in [0.15, 0.2) is 0 Å². The number of nitrogens with zero attached hydrogens (tertiary/aromatic N) is 1. The SMILES string of the molecule is CO[B-](C#N)(OC)C(F)(F)C(F)(F)F. The number of alkyl halides is 5. The molecule has 0 fully saturated rings. The zero-order valence-corrected chi connectivity index (χ0v) is 7.23. The Morgan fingerprint density at radius 1 is 1.07 bits per heavy atom. The topological polar surface area (TPSA) is 42.2 Å². The number of hydrogen-bond acceptors (Lipinski definition) is 3. The molecular formula is C5H6BF5NO2-. The summed E-state index contributed by atoms with van der Waals surface area (Å²) in [5.74, 6) is -4.63. The molecule has 0 saturated heterocycles. The third-order valence-corrected chi connectivity index (χ3v) is 1.69. The molecule has 14 heavy (non-hydrogen) atoms. The maximum atomic E-state index is 12.7. The van der Waals surface area contributed by atoms with Gasteiger partial charge in [0.15, 0.2) is 0 Å². The molecule has 3 nitrogen and oxygen atoms in total. The quantitative estimate of drug-likeness (QED) is 0.532. The van der Waals surface area contributed by atoms with Crippen LogP contribution in [-0.2, 0) is 9.31 Å². The van der Waals surface area contributed by atoms with Gasteiger partial charge in [-0.05, 0) is 14.2 Å². The number of rotatable bonds is 3. The third-order valence-electron chi connectivity index (χ3n) is 1.69. The minimum absolute atomic E-state index is 0.548. The molecular weight excluding hydrogens is 212 g/mol. The standard InChI is InChI=1S/C5H6BF5NO2/c1-13-6(3-12,14-2)4(7,8)5(9,10)11/h1-2H3/q-1. The summed E-state index contributed by atoms with van der Waals surface area (Å²) in [5, 5.41) is 8.22. The Morgan fingerprint density at radius 3 is 1.50 bits per heavy atom. The van der Waals surface area contributed by atoms with E-state index in [1.54, 1.807) is 0 Å². The zero-order valence-electron chi connectivity index (χ0n) is 7.23. The van der Waals surface area contributed by atoms with Crippen molar-refractivity contribution in [1.82, 2.24) is 0 Å². The first-order chi connectivity index (χ1) is 6.18. The highest BCUT2D eigenvalue weighted by Gasteiger charge is 2.68. The largest absolute Gasteiger partial charge is 0.555 e. The Balaban J connectivity index is 5.34. The molecule has 0 spiro atoms. The van der Waals surface area contributed by atoms with Crippen molar-refractivity contribution in [3.05, 3.63) is 0 Å². The maximum Gasteiger partial charge on any atom is 0.423 e. The monoisotopic (exact) mass is 218 g/mol. The van der Waals surface area contributed by atoms with Crippen LogP contribution in [0.2, 0.25) is 0 Å². The highest BCUT2D eigenvalue weighted by molar-refractivity contribution is 6.77. The lowest BCUT2D eigenvalue weighted by Gasteiger charge is -2.39. The average Bonchev–Trinajstić information content (AvgIpc) is 2.06. The number of nitriles is 1. The number of hydrogen-bond donors (Lipinski definition) is 0. The Kier molecular flexibility index (Phi) is 3.47. The van der Waals surface area contributed by atoms with Gasteiger partial charge in [-0.25, -0.2) is 14.0 Å². The van der Waals surface area contributed by atoms with E-state index in [4.69, 9.17) is 5.26 Å². The highest BCUT2D eigenvalue weighted by atomic mass is 19.4. The van der Waals surface area contributed by atoms with Gasteiger partial charge in [-0.1, -0.05) is 5.97 Å². The molecule has 0 amide bonds. The third kappa shape index (κ3) is 1.67. The maximum absolute atomic E-state index is 12.7. The van der Waals surface area contributed by atoms with Crippen molar-refractivity contribution < 1.29 is 31.3 Å². The van der Waals surface area contributed by atoms with Crippen LogP contribution in [0.4, 0.5) is 22.0 Å². The minimum Gasteiger partial charge on any atom is -0.555 e. The van der Waals surface area contributed by atoms with E-state index in [1.165, 1.54) is 0 Å². The van der Waals surface area contributed by atoms with Gasteiger partial charge in [0.1, 0.15) is 0 Å². The van der Waals surface area contributed by atoms with E-state index in [1.807, 2.05) is 0 Å². The second-order valence-corrected chi connectivity index (χ2v) is 2.43. The van der Waals surface area contributed by atoms with Gasteiger partial charge in [-0.15, -0.1) is 0 Å². The lowest BCUT2D eigenvalue weighted by atomic mass is 9.52. The van der Waals surface area contributed by atoms with Crippen molar-refractivity contribution in [3.63, 3.8) is 0 Å². The van der Waals surface area contributed by atoms with Crippen LogP contribution in [0.1, 0.15) is 0 Å². The van der Waals surface area contributed by atoms with Crippen molar-refractivity contribution in [2.75, 3.05) is 14.2 Å². The Hall–Kier alpha value is -0.875. The summed E-state index contributed by atoms with van der Waals surface area (Å²) in [6.07, 6.45) is -5.89. The molecule has 0 unspecified atom stereocenters. The van der Waals surface area contributed by atoms with E-state index >= 15 is 0 Å². The van der Waals surface area contributed by atoms with E-state index < -0.39 is 18.5 Å². The van der Waals surface area contributed by atoms with Gasteiger partial charge in [-0.2, -0.15) is 13.2 Å². The predicted molar refractivity (Wildman–Crippen MR) is 36.4 cm³/mol. The van der Waals surface area contributed by atoms with Gasteiger partial charge in [0, 0.05) is 0 Å².